The number of aromatic nitrogens is 1. The molecule has 1 aromatic carbocycles. The normalized spacial score (nSPS) is 23.0. The van der Waals surface area contributed by atoms with Crippen LogP contribution in [0.4, 0.5) is 5.82 Å². The standard InChI is InChI=1S/C23H28N4O/c1-3-12-26(2)21-18-6-4-5-7-19(18)23(22(21)28)10-13-27(14-11-23)20-9-8-17(15-24)16-25-20/h4-9,16,21-22,28H,3,10-14H2,1-2H3/t21-,22+/m1/s1. The van der Waals surface area contributed by atoms with Crippen molar-refractivity contribution in [1.29, 1.82) is 5.26 Å². The van der Waals surface area contributed by atoms with Gasteiger partial charge in [-0.15, -0.1) is 0 Å². The van der Waals surface area contributed by atoms with Crippen LogP contribution in [0.2, 0.25) is 0 Å². The molecule has 1 fully saturated rings. The average molecular weight is 377 g/mol. The molecule has 146 valence electrons. The SMILES string of the molecule is CCCN(C)[C@@H]1c2ccccc2C2(CCN(c3ccc(C#N)cn3)CC2)[C@H]1O. The number of fused-ring (bicyclic) bond motifs is 2. The molecule has 1 N–H and O–H groups in total. The van der Waals surface area contributed by atoms with Crippen LogP contribution in [0.1, 0.15) is 48.9 Å². The number of rotatable bonds is 4. The number of nitrogens with zero attached hydrogens (tertiary/aromatic N) is 4. The van der Waals surface area contributed by atoms with E-state index in [0.29, 0.717) is 5.56 Å². The van der Waals surface area contributed by atoms with Crippen LogP contribution in [0.25, 0.3) is 0 Å². The van der Waals surface area contributed by atoms with Gasteiger partial charge in [0.2, 0.25) is 0 Å². The minimum atomic E-state index is -0.391. The highest BCUT2D eigenvalue weighted by Crippen LogP contribution is 2.52. The van der Waals surface area contributed by atoms with Gasteiger partial charge >= 0.3 is 0 Å². The summed E-state index contributed by atoms with van der Waals surface area (Å²) in [5.74, 6) is 0.911. The minimum absolute atomic E-state index is 0.0655. The van der Waals surface area contributed by atoms with Gasteiger partial charge in [0, 0.05) is 24.7 Å². The molecule has 2 aromatic rings. The quantitative estimate of drug-likeness (QED) is 0.887. The highest BCUT2D eigenvalue weighted by atomic mass is 16.3. The van der Waals surface area contributed by atoms with Crippen molar-refractivity contribution < 1.29 is 5.11 Å². The number of likely N-dealkylation sites (N-methyl/N-ethyl adjacent to an activating group) is 1. The first-order chi connectivity index (χ1) is 13.6. The van der Waals surface area contributed by atoms with E-state index in [1.165, 1.54) is 11.1 Å². The zero-order valence-electron chi connectivity index (χ0n) is 16.7. The van der Waals surface area contributed by atoms with E-state index in [0.717, 1.165) is 44.7 Å². The van der Waals surface area contributed by atoms with Gasteiger partial charge in [0.1, 0.15) is 11.9 Å². The molecular weight excluding hydrogens is 348 g/mol. The molecule has 2 aliphatic rings. The number of aliphatic hydroxyl groups excluding tert-OH is 1. The molecule has 1 saturated heterocycles. The maximum absolute atomic E-state index is 11.5. The van der Waals surface area contributed by atoms with Gasteiger partial charge in [-0.3, -0.25) is 4.90 Å². The van der Waals surface area contributed by atoms with Crippen molar-refractivity contribution in [3.8, 4) is 6.07 Å². The summed E-state index contributed by atoms with van der Waals surface area (Å²) in [6.45, 7) is 4.87. The molecule has 5 nitrogen and oxygen atoms in total. The monoisotopic (exact) mass is 376 g/mol. The molecule has 0 bridgehead atoms. The zero-order valence-corrected chi connectivity index (χ0v) is 16.7. The van der Waals surface area contributed by atoms with Gasteiger partial charge in [0.15, 0.2) is 0 Å². The smallest absolute Gasteiger partial charge is 0.128 e. The van der Waals surface area contributed by atoms with Gasteiger partial charge in [-0.25, -0.2) is 4.98 Å². The molecule has 2 atom stereocenters. The molecule has 1 aliphatic heterocycles. The Morgan fingerprint density at radius 3 is 2.64 bits per heavy atom. The lowest BCUT2D eigenvalue weighted by Crippen LogP contribution is -2.49. The highest BCUT2D eigenvalue weighted by Gasteiger charge is 2.53. The Labute approximate surface area is 167 Å². The molecule has 1 aromatic heterocycles. The Bertz CT molecular complexity index is 865. The molecule has 4 rings (SSSR count). The fourth-order valence-electron chi connectivity index (χ4n) is 5.15. The van der Waals surface area contributed by atoms with Gasteiger partial charge in [-0.05, 0) is 56.1 Å². The minimum Gasteiger partial charge on any atom is -0.390 e. The summed E-state index contributed by atoms with van der Waals surface area (Å²) in [4.78, 5) is 9.03. The van der Waals surface area contributed by atoms with Gasteiger partial charge in [-0.2, -0.15) is 5.26 Å². The van der Waals surface area contributed by atoms with Gasteiger partial charge in [0.05, 0.1) is 17.7 Å². The third kappa shape index (κ3) is 2.97. The third-order valence-electron chi connectivity index (χ3n) is 6.59. The van der Waals surface area contributed by atoms with Crippen LogP contribution >= 0.6 is 0 Å². The van der Waals surface area contributed by atoms with Crippen LogP contribution in [0.3, 0.4) is 0 Å². The topological polar surface area (TPSA) is 63.4 Å². The maximum atomic E-state index is 11.5. The molecule has 0 unspecified atom stereocenters. The lowest BCUT2D eigenvalue weighted by atomic mass is 9.72. The molecule has 2 heterocycles. The molecule has 0 saturated carbocycles. The highest BCUT2D eigenvalue weighted by molar-refractivity contribution is 5.48. The first-order valence-electron chi connectivity index (χ1n) is 10.2. The van der Waals surface area contributed by atoms with Gasteiger partial charge < -0.3 is 10.0 Å². The first-order valence-corrected chi connectivity index (χ1v) is 10.2. The van der Waals surface area contributed by atoms with Gasteiger partial charge in [-0.1, -0.05) is 31.2 Å². The predicted molar refractivity (Wildman–Crippen MR) is 110 cm³/mol. The Balaban J connectivity index is 1.59. The summed E-state index contributed by atoms with van der Waals surface area (Å²) in [7, 11) is 2.13. The lowest BCUT2D eigenvalue weighted by molar-refractivity contribution is 0.00901. The van der Waals surface area contributed by atoms with Crippen molar-refractivity contribution in [2.24, 2.45) is 0 Å². The summed E-state index contributed by atoms with van der Waals surface area (Å²) in [6.07, 6.45) is 4.13. The number of hydrogen-bond acceptors (Lipinski definition) is 5. The van der Waals surface area contributed by atoms with Crippen LogP contribution in [0.15, 0.2) is 42.6 Å². The van der Waals surface area contributed by atoms with Crippen LogP contribution in [0.5, 0.6) is 0 Å². The Hall–Kier alpha value is -2.42. The largest absolute Gasteiger partial charge is 0.390 e. The molecule has 1 spiro atoms. The summed E-state index contributed by atoms with van der Waals surface area (Å²) in [5, 5.41) is 20.5. The summed E-state index contributed by atoms with van der Waals surface area (Å²) in [6, 6.07) is 14.5. The van der Waals surface area contributed by atoms with E-state index in [4.69, 9.17) is 5.26 Å². The van der Waals surface area contributed by atoms with Crippen molar-refractivity contribution in [3.05, 3.63) is 59.3 Å². The molecule has 0 amide bonds. The number of hydrogen-bond donors (Lipinski definition) is 1. The predicted octanol–water partition coefficient (Wildman–Crippen LogP) is 3.25. The number of nitriles is 1. The summed E-state index contributed by atoms with van der Waals surface area (Å²) in [5.41, 5.74) is 3.00. The maximum Gasteiger partial charge on any atom is 0.128 e. The second kappa shape index (κ2) is 7.54. The number of piperidine rings is 1. The Kier molecular flexibility index (Phi) is 5.09. The number of pyridine rings is 1. The number of benzene rings is 1. The Morgan fingerprint density at radius 2 is 2.00 bits per heavy atom. The van der Waals surface area contributed by atoms with Crippen molar-refractivity contribution in [1.82, 2.24) is 9.88 Å². The van der Waals surface area contributed by atoms with E-state index >= 15 is 0 Å². The second-order valence-corrected chi connectivity index (χ2v) is 8.12. The molecule has 1 aliphatic carbocycles. The van der Waals surface area contributed by atoms with E-state index in [1.807, 2.05) is 12.1 Å². The third-order valence-corrected chi connectivity index (χ3v) is 6.59. The van der Waals surface area contributed by atoms with Crippen LogP contribution in [0, 0.1) is 11.3 Å². The van der Waals surface area contributed by atoms with Crippen molar-refractivity contribution in [2.75, 3.05) is 31.6 Å². The number of anilines is 1. The van der Waals surface area contributed by atoms with E-state index in [9.17, 15) is 5.11 Å². The summed E-state index contributed by atoms with van der Waals surface area (Å²) >= 11 is 0. The van der Waals surface area contributed by atoms with Crippen molar-refractivity contribution in [3.63, 3.8) is 0 Å². The number of aliphatic hydroxyl groups is 1. The van der Waals surface area contributed by atoms with Crippen molar-refractivity contribution in [2.45, 2.75) is 43.7 Å². The first kappa shape index (κ1) is 18.9. The molecular formula is C23H28N4O. The fourth-order valence-corrected chi connectivity index (χ4v) is 5.15. The fraction of sp³-hybridized carbons (Fsp3) is 0.478. The zero-order chi connectivity index (χ0) is 19.7. The molecule has 0 radical (unpaired) electrons. The second-order valence-electron chi connectivity index (χ2n) is 8.12. The van der Waals surface area contributed by atoms with Gasteiger partial charge in [0.25, 0.3) is 0 Å². The molecule has 28 heavy (non-hydrogen) atoms. The van der Waals surface area contributed by atoms with Crippen LogP contribution in [-0.2, 0) is 5.41 Å². The van der Waals surface area contributed by atoms with Crippen LogP contribution < -0.4 is 4.90 Å². The average Bonchev–Trinajstić information content (AvgIpc) is 2.97. The lowest BCUT2D eigenvalue weighted by Gasteiger charge is -2.44. The summed E-state index contributed by atoms with van der Waals surface area (Å²) < 4.78 is 0. The van der Waals surface area contributed by atoms with Crippen LogP contribution in [-0.4, -0.2) is 47.8 Å². The van der Waals surface area contributed by atoms with E-state index in [2.05, 4.69) is 59.1 Å². The van der Waals surface area contributed by atoms with E-state index in [1.54, 1.807) is 6.20 Å². The Morgan fingerprint density at radius 1 is 1.25 bits per heavy atom. The van der Waals surface area contributed by atoms with E-state index in [-0.39, 0.29) is 11.5 Å². The molecule has 5 heteroatoms. The van der Waals surface area contributed by atoms with E-state index < -0.39 is 6.10 Å². The van der Waals surface area contributed by atoms with Crippen molar-refractivity contribution >= 4 is 5.82 Å².